The third kappa shape index (κ3) is 5.03. The molecule has 0 bridgehead atoms. The quantitative estimate of drug-likeness (QED) is 0.639. The summed E-state index contributed by atoms with van der Waals surface area (Å²) in [5, 5.41) is 2.46. The molecule has 3 aromatic carbocycles. The molecule has 0 aliphatic carbocycles. The molecule has 144 valence electrons. The van der Waals surface area contributed by atoms with E-state index in [2.05, 4.69) is 10.0 Å². The Labute approximate surface area is 163 Å². The molecule has 3 aromatic rings. The highest BCUT2D eigenvalue weighted by molar-refractivity contribution is 7.89. The minimum atomic E-state index is -3.68. The Morgan fingerprint density at radius 2 is 1.50 bits per heavy atom. The number of sulfonamides is 1. The van der Waals surface area contributed by atoms with Gasteiger partial charge in [-0.05, 0) is 48.4 Å². The second-order valence-electron chi connectivity index (χ2n) is 6.09. The van der Waals surface area contributed by atoms with E-state index in [1.54, 1.807) is 6.07 Å². The van der Waals surface area contributed by atoms with Crippen molar-refractivity contribution in [1.82, 2.24) is 4.72 Å². The fourth-order valence-electron chi connectivity index (χ4n) is 2.60. The molecule has 0 fully saturated rings. The van der Waals surface area contributed by atoms with E-state index in [1.807, 2.05) is 30.3 Å². The predicted octanol–water partition coefficient (Wildman–Crippen LogP) is 3.60. The van der Waals surface area contributed by atoms with Crippen molar-refractivity contribution in [2.75, 3.05) is 11.9 Å². The molecule has 28 heavy (non-hydrogen) atoms. The van der Waals surface area contributed by atoms with Gasteiger partial charge in [0, 0.05) is 12.1 Å². The van der Waals surface area contributed by atoms with E-state index in [4.69, 9.17) is 0 Å². The van der Waals surface area contributed by atoms with Gasteiger partial charge >= 0.3 is 0 Å². The third-order valence-corrected chi connectivity index (χ3v) is 5.57. The van der Waals surface area contributed by atoms with Crippen molar-refractivity contribution in [1.29, 1.82) is 0 Å². The van der Waals surface area contributed by atoms with Crippen LogP contribution in [0.5, 0.6) is 0 Å². The van der Waals surface area contributed by atoms with Gasteiger partial charge in [-0.1, -0.05) is 42.5 Å². The lowest BCUT2D eigenvalue weighted by Gasteiger charge is -2.09. The summed E-state index contributed by atoms with van der Waals surface area (Å²) in [5.41, 5.74) is 1.32. The molecule has 5 nitrogen and oxygen atoms in total. The first-order valence-electron chi connectivity index (χ1n) is 8.65. The van der Waals surface area contributed by atoms with Gasteiger partial charge < -0.3 is 5.32 Å². The number of rotatable bonds is 7. The lowest BCUT2D eigenvalue weighted by Crippen LogP contribution is -2.26. The van der Waals surface area contributed by atoms with Crippen LogP contribution in [-0.2, 0) is 16.4 Å². The molecule has 1 amide bonds. The van der Waals surface area contributed by atoms with Crippen LogP contribution in [0.3, 0.4) is 0 Å². The van der Waals surface area contributed by atoms with Crippen molar-refractivity contribution in [3.05, 3.63) is 95.8 Å². The topological polar surface area (TPSA) is 75.3 Å². The van der Waals surface area contributed by atoms with Crippen molar-refractivity contribution in [2.45, 2.75) is 11.3 Å². The molecular weight excluding hydrogens is 379 g/mol. The Morgan fingerprint density at radius 1 is 0.857 bits per heavy atom. The molecular formula is C21H19FN2O3S. The van der Waals surface area contributed by atoms with Crippen molar-refractivity contribution in [3.63, 3.8) is 0 Å². The summed E-state index contributed by atoms with van der Waals surface area (Å²) in [6.45, 7) is 0.266. The largest absolute Gasteiger partial charge is 0.319 e. The van der Waals surface area contributed by atoms with Gasteiger partial charge in [-0.3, -0.25) is 4.79 Å². The molecule has 0 aliphatic heterocycles. The van der Waals surface area contributed by atoms with Gasteiger partial charge in [0.15, 0.2) is 0 Å². The van der Waals surface area contributed by atoms with Crippen LogP contribution in [0.1, 0.15) is 15.9 Å². The fraction of sp³-hybridized carbons (Fsp3) is 0.0952. The van der Waals surface area contributed by atoms with E-state index in [0.29, 0.717) is 6.42 Å². The smallest absolute Gasteiger partial charge is 0.255 e. The normalized spacial score (nSPS) is 11.2. The molecule has 7 heteroatoms. The monoisotopic (exact) mass is 398 g/mol. The van der Waals surface area contributed by atoms with Gasteiger partial charge in [0.1, 0.15) is 5.82 Å². The van der Waals surface area contributed by atoms with Crippen molar-refractivity contribution < 1.29 is 17.6 Å². The first-order valence-corrected chi connectivity index (χ1v) is 10.1. The standard InChI is InChI=1S/C21H19FN2O3S/c22-19-8-4-5-9-20(19)24-21(25)17-10-12-18(13-11-17)28(26,27)23-15-14-16-6-2-1-3-7-16/h1-13,23H,14-15H2,(H,24,25). The molecule has 0 heterocycles. The first kappa shape index (κ1) is 19.7. The molecule has 0 aliphatic rings. The SMILES string of the molecule is O=C(Nc1ccccc1F)c1ccc(S(=O)(=O)NCCc2ccccc2)cc1. The summed E-state index contributed by atoms with van der Waals surface area (Å²) in [7, 11) is -3.68. The molecule has 0 atom stereocenters. The van der Waals surface area contributed by atoms with Crippen molar-refractivity contribution in [2.24, 2.45) is 0 Å². The Hall–Kier alpha value is -3.03. The van der Waals surface area contributed by atoms with Crippen LogP contribution >= 0.6 is 0 Å². The second kappa shape index (κ2) is 8.77. The van der Waals surface area contributed by atoms with Crippen LogP contribution < -0.4 is 10.0 Å². The number of amides is 1. The summed E-state index contributed by atoms with van der Waals surface area (Å²) in [5.74, 6) is -1.07. The highest BCUT2D eigenvalue weighted by atomic mass is 32.2. The fourth-order valence-corrected chi connectivity index (χ4v) is 3.63. The van der Waals surface area contributed by atoms with Crippen LogP contribution in [0.2, 0.25) is 0 Å². The lowest BCUT2D eigenvalue weighted by molar-refractivity contribution is 0.102. The maximum Gasteiger partial charge on any atom is 0.255 e. The number of para-hydroxylation sites is 1. The van der Waals surface area contributed by atoms with Gasteiger partial charge in [0.2, 0.25) is 10.0 Å². The molecule has 0 spiro atoms. The van der Waals surface area contributed by atoms with Crippen molar-refractivity contribution >= 4 is 21.6 Å². The Morgan fingerprint density at radius 3 is 2.18 bits per heavy atom. The van der Waals surface area contributed by atoms with Gasteiger partial charge in [0.05, 0.1) is 10.6 Å². The van der Waals surface area contributed by atoms with Crippen molar-refractivity contribution in [3.8, 4) is 0 Å². The number of benzene rings is 3. The van der Waals surface area contributed by atoms with Crippen LogP contribution in [0.4, 0.5) is 10.1 Å². The second-order valence-corrected chi connectivity index (χ2v) is 7.86. The zero-order valence-electron chi connectivity index (χ0n) is 14.9. The number of anilines is 1. The highest BCUT2D eigenvalue weighted by Crippen LogP contribution is 2.15. The zero-order chi connectivity index (χ0) is 20.0. The maximum atomic E-state index is 13.6. The van der Waals surface area contributed by atoms with Gasteiger partial charge in [-0.15, -0.1) is 0 Å². The summed E-state index contributed by atoms with van der Waals surface area (Å²) in [6, 6.07) is 20.8. The molecule has 0 saturated carbocycles. The van der Waals surface area contributed by atoms with Gasteiger partial charge in [-0.2, -0.15) is 0 Å². The van der Waals surface area contributed by atoms with E-state index in [-0.39, 0.29) is 22.7 Å². The van der Waals surface area contributed by atoms with Crippen LogP contribution in [0.15, 0.2) is 83.8 Å². The van der Waals surface area contributed by atoms with E-state index in [9.17, 15) is 17.6 Å². The number of carbonyl (C=O) groups excluding carboxylic acids is 1. The minimum Gasteiger partial charge on any atom is -0.319 e. The molecule has 2 N–H and O–H groups in total. The average Bonchev–Trinajstić information content (AvgIpc) is 2.70. The number of halogens is 1. The van der Waals surface area contributed by atoms with E-state index in [0.717, 1.165) is 5.56 Å². The summed E-state index contributed by atoms with van der Waals surface area (Å²) < 4.78 is 40.9. The van der Waals surface area contributed by atoms with Gasteiger partial charge in [0.25, 0.3) is 5.91 Å². The third-order valence-electron chi connectivity index (χ3n) is 4.10. The maximum absolute atomic E-state index is 13.6. The van der Waals surface area contributed by atoms with Crippen LogP contribution in [-0.4, -0.2) is 20.9 Å². The average molecular weight is 398 g/mol. The summed E-state index contributed by atoms with van der Waals surface area (Å²) in [4.78, 5) is 12.3. The van der Waals surface area contributed by atoms with Gasteiger partial charge in [-0.25, -0.2) is 17.5 Å². The molecule has 0 radical (unpaired) electrons. The number of carbonyl (C=O) groups is 1. The summed E-state index contributed by atoms with van der Waals surface area (Å²) in [6.07, 6.45) is 0.573. The predicted molar refractivity (Wildman–Crippen MR) is 106 cm³/mol. The Bertz CT molecular complexity index is 1050. The lowest BCUT2D eigenvalue weighted by atomic mass is 10.2. The molecule has 0 saturated heterocycles. The van der Waals surface area contributed by atoms with Crippen LogP contribution in [0.25, 0.3) is 0 Å². The zero-order valence-corrected chi connectivity index (χ0v) is 15.7. The number of hydrogen-bond acceptors (Lipinski definition) is 3. The molecule has 0 aromatic heterocycles. The Balaban J connectivity index is 1.62. The van der Waals surface area contributed by atoms with E-state index in [1.165, 1.54) is 42.5 Å². The molecule has 0 unspecified atom stereocenters. The Kier molecular flexibility index (Phi) is 6.18. The number of hydrogen-bond donors (Lipinski definition) is 2. The first-order chi connectivity index (χ1) is 13.5. The van der Waals surface area contributed by atoms with E-state index < -0.39 is 21.7 Å². The minimum absolute atomic E-state index is 0.0583. The van der Waals surface area contributed by atoms with Crippen LogP contribution in [0, 0.1) is 5.82 Å². The highest BCUT2D eigenvalue weighted by Gasteiger charge is 2.15. The molecule has 3 rings (SSSR count). The summed E-state index contributed by atoms with van der Waals surface area (Å²) >= 11 is 0. The number of nitrogens with one attached hydrogen (secondary N) is 2. The van der Waals surface area contributed by atoms with E-state index >= 15 is 0 Å².